The van der Waals surface area contributed by atoms with Gasteiger partial charge >= 0.3 is 0 Å². The zero-order valence-electron chi connectivity index (χ0n) is 23.5. The predicted molar refractivity (Wildman–Crippen MR) is 153 cm³/mol. The van der Waals surface area contributed by atoms with E-state index in [0.717, 1.165) is 21.3 Å². The molecule has 1 N–H and O–H groups in total. The highest BCUT2D eigenvalue weighted by molar-refractivity contribution is 7.92. The molecule has 0 spiro atoms. The zero-order chi connectivity index (χ0) is 30.2. The molecular formula is C30H35F2N3O5S. The quantitative estimate of drug-likeness (QED) is 0.312. The minimum atomic E-state index is -4.34. The summed E-state index contributed by atoms with van der Waals surface area (Å²) in [5.74, 6) is -1.76. The van der Waals surface area contributed by atoms with Gasteiger partial charge in [0.2, 0.25) is 11.8 Å². The maximum atomic E-state index is 14.6. The van der Waals surface area contributed by atoms with Crippen molar-refractivity contribution in [3.8, 4) is 5.75 Å². The number of ether oxygens (including phenoxy) is 1. The molecule has 2 amide bonds. The topological polar surface area (TPSA) is 96.0 Å². The number of sulfonamides is 1. The lowest BCUT2D eigenvalue weighted by Gasteiger charge is -2.32. The molecule has 11 heteroatoms. The van der Waals surface area contributed by atoms with Crippen molar-refractivity contribution in [2.24, 2.45) is 5.92 Å². The highest BCUT2D eigenvalue weighted by Gasteiger charge is 2.33. The fraction of sp³-hybridized carbons (Fsp3) is 0.333. The van der Waals surface area contributed by atoms with Gasteiger partial charge in [-0.1, -0.05) is 32.0 Å². The molecule has 0 aliphatic carbocycles. The van der Waals surface area contributed by atoms with Gasteiger partial charge in [0.25, 0.3) is 10.0 Å². The Balaban J connectivity index is 2.01. The second kappa shape index (κ2) is 14.1. The second-order valence-corrected chi connectivity index (χ2v) is 11.7. The lowest BCUT2D eigenvalue weighted by Crippen LogP contribution is -2.51. The van der Waals surface area contributed by atoms with Gasteiger partial charge in [-0.2, -0.15) is 0 Å². The van der Waals surface area contributed by atoms with Crippen LogP contribution in [0, 0.1) is 17.6 Å². The number of hydrogen-bond donors (Lipinski definition) is 1. The third-order valence-electron chi connectivity index (χ3n) is 6.27. The summed E-state index contributed by atoms with van der Waals surface area (Å²) in [6, 6.07) is 15.1. The first kappa shape index (κ1) is 31.5. The van der Waals surface area contributed by atoms with E-state index in [1.165, 1.54) is 61.5 Å². The first-order chi connectivity index (χ1) is 19.4. The summed E-state index contributed by atoms with van der Waals surface area (Å²) in [7, 11) is -4.34. The Hall–Kier alpha value is -3.99. The van der Waals surface area contributed by atoms with Gasteiger partial charge in [-0.15, -0.1) is 0 Å². The van der Waals surface area contributed by atoms with Gasteiger partial charge < -0.3 is 15.0 Å². The van der Waals surface area contributed by atoms with Gasteiger partial charge in [0.15, 0.2) is 0 Å². The molecule has 0 heterocycles. The molecule has 1 atom stereocenters. The van der Waals surface area contributed by atoms with Crippen molar-refractivity contribution in [3.05, 3.63) is 90.0 Å². The standard InChI is InChI=1S/C30H35F2N3O5S/c1-5-40-26-14-16-27(17-15-26)41(38,39)35(25-12-10-24(31)11-13-25)20-29(36)34(19-23-8-6-7-9-28(23)32)22(4)30(37)33-18-21(2)3/h6-17,21-22H,5,18-20H2,1-4H3,(H,33,37)/t22-/m1/s1. The summed E-state index contributed by atoms with van der Waals surface area (Å²) < 4.78 is 62.2. The van der Waals surface area contributed by atoms with Crippen LogP contribution in [-0.4, -0.2) is 50.9 Å². The molecule has 0 bridgehead atoms. The summed E-state index contributed by atoms with van der Waals surface area (Å²) in [5.41, 5.74) is 0.198. The second-order valence-electron chi connectivity index (χ2n) is 9.82. The largest absolute Gasteiger partial charge is 0.494 e. The average Bonchev–Trinajstić information content (AvgIpc) is 2.94. The minimum Gasteiger partial charge on any atom is -0.494 e. The van der Waals surface area contributed by atoms with E-state index in [-0.39, 0.29) is 28.6 Å². The van der Waals surface area contributed by atoms with E-state index in [9.17, 15) is 26.8 Å². The van der Waals surface area contributed by atoms with Crippen LogP contribution in [0.1, 0.15) is 33.3 Å². The zero-order valence-corrected chi connectivity index (χ0v) is 24.3. The summed E-state index contributed by atoms with van der Waals surface area (Å²) in [5, 5.41) is 2.77. The van der Waals surface area contributed by atoms with E-state index in [4.69, 9.17) is 4.74 Å². The number of rotatable bonds is 13. The number of carbonyl (C=O) groups is 2. The van der Waals surface area contributed by atoms with Crippen molar-refractivity contribution in [1.82, 2.24) is 10.2 Å². The number of nitrogens with zero attached hydrogens (tertiary/aromatic N) is 2. The van der Waals surface area contributed by atoms with E-state index in [1.807, 2.05) is 13.8 Å². The molecule has 8 nitrogen and oxygen atoms in total. The van der Waals surface area contributed by atoms with Gasteiger partial charge in [-0.25, -0.2) is 17.2 Å². The molecular weight excluding hydrogens is 552 g/mol. The monoisotopic (exact) mass is 587 g/mol. The van der Waals surface area contributed by atoms with Crippen LogP contribution in [0.2, 0.25) is 0 Å². The van der Waals surface area contributed by atoms with Crippen molar-refractivity contribution in [3.63, 3.8) is 0 Å². The van der Waals surface area contributed by atoms with Crippen LogP contribution in [0.25, 0.3) is 0 Å². The van der Waals surface area contributed by atoms with Gasteiger partial charge in [0, 0.05) is 18.7 Å². The van der Waals surface area contributed by atoms with Crippen LogP contribution in [0.5, 0.6) is 5.75 Å². The molecule has 220 valence electrons. The molecule has 3 aromatic rings. The summed E-state index contributed by atoms with van der Waals surface area (Å²) in [4.78, 5) is 27.8. The summed E-state index contributed by atoms with van der Waals surface area (Å²) in [6.07, 6.45) is 0. The molecule has 0 unspecified atom stereocenters. The molecule has 0 aromatic heterocycles. The number of benzene rings is 3. The predicted octanol–water partition coefficient (Wildman–Crippen LogP) is 4.75. The Morgan fingerprint density at radius 1 is 0.927 bits per heavy atom. The fourth-order valence-corrected chi connectivity index (χ4v) is 5.40. The van der Waals surface area contributed by atoms with Crippen LogP contribution in [-0.2, 0) is 26.2 Å². The van der Waals surface area contributed by atoms with E-state index in [2.05, 4.69) is 5.32 Å². The number of anilines is 1. The Morgan fingerprint density at radius 2 is 1.56 bits per heavy atom. The Labute approximate surface area is 240 Å². The lowest BCUT2D eigenvalue weighted by molar-refractivity contribution is -0.139. The molecule has 0 aliphatic rings. The summed E-state index contributed by atoms with van der Waals surface area (Å²) >= 11 is 0. The van der Waals surface area contributed by atoms with Crippen LogP contribution < -0.4 is 14.4 Å². The first-order valence-electron chi connectivity index (χ1n) is 13.3. The first-order valence-corrected chi connectivity index (χ1v) is 14.7. The smallest absolute Gasteiger partial charge is 0.264 e. The van der Waals surface area contributed by atoms with Crippen molar-refractivity contribution >= 4 is 27.5 Å². The molecule has 0 saturated carbocycles. The van der Waals surface area contributed by atoms with Crippen LogP contribution in [0.15, 0.2) is 77.7 Å². The average molecular weight is 588 g/mol. The molecule has 0 radical (unpaired) electrons. The number of nitrogens with one attached hydrogen (secondary N) is 1. The molecule has 3 rings (SSSR count). The van der Waals surface area contributed by atoms with Crippen molar-refractivity contribution in [2.45, 2.75) is 45.2 Å². The summed E-state index contributed by atoms with van der Waals surface area (Å²) in [6.45, 7) is 6.88. The Morgan fingerprint density at radius 3 is 2.15 bits per heavy atom. The number of amides is 2. The van der Waals surface area contributed by atoms with Crippen molar-refractivity contribution in [1.29, 1.82) is 0 Å². The fourth-order valence-electron chi connectivity index (χ4n) is 3.98. The number of carbonyl (C=O) groups excluding carboxylic acids is 2. The van der Waals surface area contributed by atoms with Crippen molar-refractivity contribution in [2.75, 3.05) is 24.0 Å². The SMILES string of the molecule is CCOc1ccc(S(=O)(=O)N(CC(=O)N(Cc2ccccc2F)[C@H](C)C(=O)NCC(C)C)c2ccc(F)cc2)cc1. The molecule has 41 heavy (non-hydrogen) atoms. The maximum absolute atomic E-state index is 14.6. The lowest BCUT2D eigenvalue weighted by atomic mass is 10.1. The van der Waals surface area contributed by atoms with E-state index in [0.29, 0.717) is 18.9 Å². The Kier molecular flexibility index (Phi) is 10.8. The maximum Gasteiger partial charge on any atom is 0.264 e. The molecule has 3 aromatic carbocycles. The molecule has 0 fully saturated rings. The highest BCUT2D eigenvalue weighted by atomic mass is 32.2. The third-order valence-corrected chi connectivity index (χ3v) is 8.05. The third kappa shape index (κ3) is 8.26. The number of halogens is 2. The van der Waals surface area contributed by atoms with Gasteiger partial charge in [-0.05, 0) is 74.4 Å². The molecule has 0 aliphatic heterocycles. The van der Waals surface area contributed by atoms with E-state index in [1.54, 1.807) is 13.0 Å². The highest BCUT2D eigenvalue weighted by Crippen LogP contribution is 2.26. The van der Waals surface area contributed by atoms with Crippen LogP contribution in [0.3, 0.4) is 0 Å². The van der Waals surface area contributed by atoms with Crippen molar-refractivity contribution < 1.29 is 31.5 Å². The minimum absolute atomic E-state index is 0.0383. The van der Waals surface area contributed by atoms with Gasteiger partial charge in [0.1, 0.15) is 30.0 Å². The van der Waals surface area contributed by atoms with Gasteiger partial charge in [0.05, 0.1) is 17.2 Å². The van der Waals surface area contributed by atoms with Crippen LogP contribution >= 0.6 is 0 Å². The Bertz CT molecular complexity index is 1430. The number of hydrogen-bond acceptors (Lipinski definition) is 5. The molecule has 0 saturated heterocycles. The normalized spacial score (nSPS) is 12.1. The van der Waals surface area contributed by atoms with Gasteiger partial charge in [-0.3, -0.25) is 13.9 Å². The van der Waals surface area contributed by atoms with E-state index < -0.39 is 46.1 Å². The van der Waals surface area contributed by atoms with Crippen LogP contribution in [0.4, 0.5) is 14.5 Å². The van der Waals surface area contributed by atoms with E-state index >= 15 is 0 Å².